The Bertz CT molecular complexity index is 929. The highest BCUT2D eigenvalue weighted by atomic mass is 32.2. The number of nitrogens with one attached hydrogen (secondary N) is 1. The van der Waals surface area contributed by atoms with Crippen molar-refractivity contribution in [1.29, 1.82) is 0 Å². The third-order valence-corrected chi connectivity index (χ3v) is 6.98. The van der Waals surface area contributed by atoms with Gasteiger partial charge in [0, 0.05) is 23.5 Å². The third-order valence-electron chi connectivity index (χ3n) is 3.95. The maximum absolute atomic E-state index is 12.5. The summed E-state index contributed by atoms with van der Waals surface area (Å²) < 4.78 is 31.1. The second kappa shape index (κ2) is 8.64. The average molecular weight is 411 g/mol. The van der Waals surface area contributed by atoms with E-state index in [9.17, 15) is 18.0 Å². The van der Waals surface area contributed by atoms with Crippen molar-refractivity contribution in [3.05, 3.63) is 46.3 Å². The van der Waals surface area contributed by atoms with Gasteiger partial charge in [-0.05, 0) is 37.3 Å². The number of rotatable bonds is 7. The van der Waals surface area contributed by atoms with Gasteiger partial charge in [-0.3, -0.25) is 4.79 Å². The largest absolute Gasteiger partial charge is 0.465 e. The van der Waals surface area contributed by atoms with E-state index in [4.69, 9.17) is 4.74 Å². The lowest BCUT2D eigenvalue weighted by atomic mass is 10.2. The van der Waals surface area contributed by atoms with Crippen LogP contribution in [-0.4, -0.2) is 44.8 Å². The van der Waals surface area contributed by atoms with Crippen LogP contribution in [0, 0.1) is 6.92 Å². The fourth-order valence-corrected chi connectivity index (χ4v) is 4.89. The number of hydrogen-bond acceptors (Lipinski definition) is 6. The molecule has 0 atom stereocenters. The van der Waals surface area contributed by atoms with Crippen LogP contribution in [0.1, 0.15) is 39.4 Å². The van der Waals surface area contributed by atoms with E-state index in [1.54, 1.807) is 19.9 Å². The van der Waals surface area contributed by atoms with Crippen molar-refractivity contribution in [2.75, 3.05) is 25.5 Å². The van der Waals surface area contributed by atoms with Gasteiger partial charge < -0.3 is 10.1 Å². The number of amides is 1. The van der Waals surface area contributed by atoms with Crippen LogP contribution in [-0.2, 0) is 14.8 Å². The number of carbonyl (C=O) groups excluding carboxylic acids is 2. The number of methoxy groups -OCH3 is 1. The smallest absolute Gasteiger partial charge is 0.340 e. The highest BCUT2D eigenvalue weighted by Crippen LogP contribution is 2.28. The van der Waals surface area contributed by atoms with Crippen molar-refractivity contribution in [2.24, 2.45) is 0 Å². The molecule has 9 heteroatoms. The highest BCUT2D eigenvalue weighted by molar-refractivity contribution is 7.89. The van der Waals surface area contributed by atoms with Gasteiger partial charge in [0.15, 0.2) is 0 Å². The zero-order valence-corrected chi connectivity index (χ0v) is 17.2. The summed E-state index contributed by atoms with van der Waals surface area (Å²) in [5.41, 5.74) is 0.574. The molecule has 1 N–H and O–H groups in total. The molecule has 0 saturated carbocycles. The molecular formula is C18H22N2O5S2. The summed E-state index contributed by atoms with van der Waals surface area (Å²) in [5, 5.41) is 3.08. The molecule has 7 nitrogen and oxygen atoms in total. The Morgan fingerprint density at radius 1 is 1.15 bits per heavy atom. The first-order chi connectivity index (χ1) is 12.7. The molecule has 27 heavy (non-hydrogen) atoms. The molecule has 0 aliphatic heterocycles. The first-order valence-corrected chi connectivity index (χ1v) is 10.6. The number of thiophene rings is 1. The van der Waals surface area contributed by atoms with Crippen molar-refractivity contribution in [2.45, 2.75) is 25.7 Å². The minimum Gasteiger partial charge on any atom is -0.465 e. The van der Waals surface area contributed by atoms with Crippen LogP contribution < -0.4 is 5.32 Å². The van der Waals surface area contributed by atoms with Crippen molar-refractivity contribution in [3.8, 4) is 0 Å². The Hall–Kier alpha value is -2.23. The van der Waals surface area contributed by atoms with Gasteiger partial charge in [0.25, 0.3) is 5.91 Å². The second-order valence-corrected chi connectivity index (χ2v) is 8.85. The topological polar surface area (TPSA) is 92.8 Å². The second-order valence-electron chi connectivity index (χ2n) is 5.66. The molecular weight excluding hydrogens is 388 g/mol. The molecule has 0 bridgehead atoms. The summed E-state index contributed by atoms with van der Waals surface area (Å²) in [7, 11) is -2.30. The van der Waals surface area contributed by atoms with E-state index < -0.39 is 21.9 Å². The van der Waals surface area contributed by atoms with Crippen molar-refractivity contribution < 1.29 is 22.7 Å². The summed E-state index contributed by atoms with van der Waals surface area (Å²) in [6.45, 7) is 6.10. The number of benzene rings is 1. The molecule has 0 saturated heterocycles. The van der Waals surface area contributed by atoms with E-state index in [0.29, 0.717) is 18.1 Å². The normalized spacial score (nSPS) is 11.4. The van der Waals surface area contributed by atoms with Crippen molar-refractivity contribution in [3.63, 3.8) is 0 Å². The van der Waals surface area contributed by atoms with Gasteiger partial charge in [0.2, 0.25) is 10.0 Å². The van der Waals surface area contributed by atoms with Gasteiger partial charge in [0.05, 0.1) is 17.6 Å². The summed E-state index contributed by atoms with van der Waals surface area (Å²) >= 11 is 1.26. The van der Waals surface area contributed by atoms with Crippen LogP contribution in [0.15, 0.2) is 35.2 Å². The zero-order valence-electron chi connectivity index (χ0n) is 15.6. The summed E-state index contributed by atoms with van der Waals surface area (Å²) in [6, 6.07) is 7.35. The van der Waals surface area contributed by atoms with Crippen LogP contribution >= 0.6 is 11.3 Å². The minimum atomic E-state index is -3.58. The van der Waals surface area contributed by atoms with Crippen LogP contribution in [0.4, 0.5) is 5.00 Å². The predicted octanol–water partition coefficient (Wildman–Crippen LogP) is 3.13. The van der Waals surface area contributed by atoms with E-state index >= 15 is 0 Å². The highest BCUT2D eigenvalue weighted by Gasteiger charge is 2.22. The van der Waals surface area contributed by atoms with Crippen molar-refractivity contribution in [1.82, 2.24) is 4.31 Å². The molecule has 0 aliphatic carbocycles. The number of aryl methyl sites for hydroxylation is 1. The van der Waals surface area contributed by atoms with Gasteiger partial charge in [-0.15, -0.1) is 11.3 Å². The number of anilines is 1. The van der Waals surface area contributed by atoms with E-state index in [1.165, 1.54) is 47.0 Å². The molecule has 1 aromatic heterocycles. The fourth-order valence-electron chi connectivity index (χ4n) is 2.53. The number of carbonyl (C=O) groups is 2. The molecule has 0 radical (unpaired) electrons. The Balaban J connectivity index is 2.23. The third kappa shape index (κ3) is 4.55. The zero-order chi connectivity index (χ0) is 20.2. The standard InChI is InChI=1S/C18H22N2O5S2/c1-5-20(6-2)27(23,24)14-9-7-13(8-10-14)16(21)19-17-15(18(22)25-4)11-12(3)26-17/h7-11H,5-6H2,1-4H3,(H,19,21). The first-order valence-electron chi connectivity index (χ1n) is 8.34. The van der Waals surface area contributed by atoms with Gasteiger partial charge in [-0.2, -0.15) is 4.31 Å². The summed E-state index contributed by atoms with van der Waals surface area (Å²) in [6.07, 6.45) is 0. The average Bonchev–Trinajstić information content (AvgIpc) is 3.02. The number of ether oxygens (including phenoxy) is 1. The number of hydrogen-bond donors (Lipinski definition) is 1. The Kier molecular flexibility index (Phi) is 6.74. The van der Waals surface area contributed by atoms with Crippen LogP contribution in [0.25, 0.3) is 0 Å². The lowest BCUT2D eigenvalue weighted by molar-refractivity contribution is 0.0602. The lowest BCUT2D eigenvalue weighted by Gasteiger charge is -2.18. The molecule has 1 heterocycles. The number of nitrogens with zero attached hydrogens (tertiary/aromatic N) is 1. The molecule has 0 unspecified atom stereocenters. The van der Waals surface area contributed by atoms with Crippen LogP contribution in [0.5, 0.6) is 0 Å². The Morgan fingerprint density at radius 2 is 1.74 bits per heavy atom. The van der Waals surface area contributed by atoms with E-state index in [2.05, 4.69) is 5.32 Å². The van der Waals surface area contributed by atoms with Crippen molar-refractivity contribution >= 4 is 38.2 Å². The maximum atomic E-state index is 12.5. The van der Waals surface area contributed by atoms with Crippen LogP contribution in [0.3, 0.4) is 0 Å². The van der Waals surface area contributed by atoms with Gasteiger partial charge in [0.1, 0.15) is 5.00 Å². The molecule has 2 rings (SSSR count). The fraction of sp³-hybridized carbons (Fsp3) is 0.333. The minimum absolute atomic E-state index is 0.130. The predicted molar refractivity (Wildman–Crippen MR) is 105 cm³/mol. The summed E-state index contributed by atoms with van der Waals surface area (Å²) in [5.74, 6) is -0.968. The Morgan fingerprint density at radius 3 is 2.26 bits per heavy atom. The number of esters is 1. The van der Waals surface area contributed by atoms with Crippen LogP contribution in [0.2, 0.25) is 0 Å². The maximum Gasteiger partial charge on any atom is 0.340 e. The summed E-state index contributed by atoms with van der Waals surface area (Å²) in [4.78, 5) is 25.3. The quantitative estimate of drug-likeness (QED) is 0.708. The monoisotopic (exact) mass is 410 g/mol. The first kappa shape index (κ1) is 21.1. The molecule has 0 spiro atoms. The van der Waals surface area contributed by atoms with E-state index in [0.717, 1.165) is 4.88 Å². The molecule has 0 fully saturated rings. The molecule has 1 aromatic carbocycles. The molecule has 2 aromatic rings. The van der Waals surface area contributed by atoms with E-state index in [-0.39, 0.29) is 16.0 Å². The SMILES string of the molecule is CCN(CC)S(=O)(=O)c1ccc(C(=O)Nc2sc(C)cc2C(=O)OC)cc1. The lowest BCUT2D eigenvalue weighted by Crippen LogP contribution is -2.30. The van der Waals surface area contributed by atoms with Gasteiger partial charge in [-0.25, -0.2) is 13.2 Å². The molecule has 1 amide bonds. The van der Waals surface area contributed by atoms with E-state index in [1.807, 2.05) is 6.92 Å². The molecule has 0 aliphatic rings. The Labute approximate surface area is 163 Å². The van der Waals surface area contributed by atoms with Gasteiger partial charge in [-0.1, -0.05) is 13.8 Å². The van der Waals surface area contributed by atoms with Gasteiger partial charge >= 0.3 is 5.97 Å². The number of sulfonamides is 1. The molecule has 146 valence electrons.